The first-order valence-electron chi connectivity index (χ1n) is 11.2. The lowest BCUT2D eigenvalue weighted by Crippen LogP contribution is -2.32. The summed E-state index contributed by atoms with van der Waals surface area (Å²) in [6.07, 6.45) is 6.59. The van der Waals surface area contributed by atoms with E-state index in [1.54, 1.807) is 0 Å². The van der Waals surface area contributed by atoms with E-state index >= 15 is 0 Å². The van der Waals surface area contributed by atoms with Crippen LogP contribution in [0.1, 0.15) is 29.2 Å². The van der Waals surface area contributed by atoms with Gasteiger partial charge in [-0.1, -0.05) is 97.9 Å². The zero-order valence-corrected chi connectivity index (χ0v) is 18.2. The number of aliphatic hydroxyl groups excluding tert-OH is 2. The number of fused-ring (bicyclic) bond motifs is 3. The van der Waals surface area contributed by atoms with Gasteiger partial charge in [-0.25, -0.2) is 0 Å². The lowest BCUT2D eigenvalue weighted by molar-refractivity contribution is 0.0358. The van der Waals surface area contributed by atoms with Gasteiger partial charge in [-0.2, -0.15) is 0 Å². The van der Waals surface area contributed by atoms with E-state index in [-0.39, 0.29) is 25.2 Å². The monoisotopic (exact) mass is 424 g/mol. The van der Waals surface area contributed by atoms with Crippen molar-refractivity contribution in [3.05, 3.63) is 119 Å². The Morgan fingerprint density at radius 2 is 1.47 bits per heavy atom. The van der Waals surface area contributed by atoms with Gasteiger partial charge in [0, 0.05) is 5.92 Å². The van der Waals surface area contributed by atoms with Crippen LogP contribution in [0.15, 0.2) is 96.6 Å². The van der Waals surface area contributed by atoms with Gasteiger partial charge < -0.3 is 14.9 Å². The predicted octanol–water partition coefficient (Wildman–Crippen LogP) is 5.00. The van der Waals surface area contributed by atoms with Crippen molar-refractivity contribution in [1.29, 1.82) is 0 Å². The van der Waals surface area contributed by atoms with Crippen molar-refractivity contribution >= 4 is 0 Å². The molecule has 0 radical (unpaired) electrons. The molecule has 3 heteroatoms. The minimum atomic E-state index is -0.437. The maximum atomic E-state index is 9.60. The number of allylic oxidation sites excluding steroid dienone is 2. The Morgan fingerprint density at radius 3 is 2.03 bits per heavy atom. The van der Waals surface area contributed by atoms with Crippen molar-refractivity contribution in [3.8, 4) is 11.1 Å². The average Bonchev–Trinajstić information content (AvgIpc) is 3.15. The molecule has 2 N–H and O–H groups in total. The van der Waals surface area contributed by atoms with E-state index < -0.39 is 5.41 Å². The van der Waals surface area contributed by atoms with Gasteiger partial charge in [0.15, 0.2) is 0 Å². The molecule has 0 aromatic heterocycles. The molecule has 3 aromatic carbocycles. The first-order chi connectivity index (χ1) is 15.7. The van der Waals surface area contributed by atoms with E-state index in [9.17, 15) is 10.2 Å². The lowest BCUT2D eigenvalue weighted by Gasteiger charge is -2.37. The Labute approximate surface area is 189 Å². The van der Waals surface area contributed by atoms with Crippen molar-refractivity contribution in [3.63, 3.8) is 0 Å². The minimum Gasteiger partial charge on any atom is -0.394 e. The molecular formula is C29H28O3. The Bertz CT molecular complexity index is 1130. The van der Waals surface area contributed by atoms with Gasteiger partial charge >= 0.3 is 0 Å². The highest BCUT2D eigenvalue weighted by Gasteiger charge is 2.47. The highest BCUT2D eigenvalue weighted by molar-refractivity contribution is 5.86. The highest BCUT2D eigenvalue weighted by Crippen LogP contribution is 2.57. The van der Waals surface area contributed by atoms with Crippen molar-refractivity contribution in [1.82, 2.24) is 0 Å². The second-order valence-electron chi connectivity index (χ2n) is 8.60. The fourth-order valence-electron chi connectivity index (χ4n) is 5.34. The van der Waals surface area contributed by atoms with E-state index in [1.807, 2.05) is 12.1 Å². The molecule has 0 bridgehead atoms. The van der Waals surface area contributed by atoms with Crippen LogP contribution in [0.2, 0.25) is 0 Å². The molecule has 0 saturated heterocycles. The number of ether oxygens (including phenoxy) is 1. The maximum absolute atomic E-state index is 9.60. The quantitative estimate of drug-likeness (QED) is 0.585. The molecule has 2 aliphatic rings. The van der Waals surface area contributed by atoms with E-state index in [0.717, 1.165) is 5.56 Å². The smallest absolute Gasteiger partial charge is 0.0820 e. The molecule has 3 nitrogen and oxygen atoms in total. The van der Waals surface area contributed by atoms with Crippen LogP contribution in [0.4, 0.5) is 0 Å². The summed E-state index contributed by atoms with van der Waals surface area (Å²) < 4.78 is 5.85. The van der Waals surface area contributed by atoms with Crippen LogP contribution in [0, 0.1) is 5.92 Å². The lowest BCUT2D eigenvalue weighted by atomic mass is 9.65. The van der Waals surface area contributed by atoms with Gasteiger partial charge in [0.1, 0.15) is 0 Å². The molecule has 2 atom stereocenters. The fourth-order valence-corrected chi connectivity index (χ4v) is 5.34. The average molecular weight is 425 g/mol. The molecule has 162 valence electrons. The molecule has 0 spiro atoms. The summed E-state index contributed by atoms with van der Waals surface area (Å²) in [4.78, 5) is 0. The summed E-state index contributed by atoms with van der Waals surface area (Å²) in [7, 11) is 0. The third-order valence-corrected chi connectivity index (χ3v) is 6.78. The summed E-state index contributed by atoms with van der Waals surface area (Å²) >= 11 is 0. The van der Waals surface area contributed by atoms with Gasteiger partial charge in [0.05, 0.1) is 31.3 Å². The third-order valence-electron chi connectivity index (χ3n) is 6.78. The van der Waals surface area contributed by atoms with Crippen LogP contribution in [0.3, 0.4) is 0 Å². The molecule has 32 heavy (non-hydrogen) atoms. The molecule has 5 rings (SSSR count). The van der Waals surface area contributed by atoms with Crippen LogP contribution >= 0.6 is 0 Å². The third kappa shape index (κ3) is 3.17. The van der Waals surface area contributed by atoms with Gasteiger partial charge in [-0.05, 0) is 39.0 Å². The number of hydrogen-bond acceptors (Lipinski definition) is 3. The molecule has 0 aliphatic heterocycles. The Balaban J connectivity index is 1.75. The largest absolute Gasteiger partial charge is 0.394 e. The second kappa shape index (κ2) is 8.51. The van der Waals surface area contributed by atoms with Crippen molar-refractivity contribution in [2.45, 2.75) is 25.0 Å². The molecule has 2 unspecified atom stereocenters. The Morgan fingerprint density at radius 1 is 0.844 bits per heavy atom. The standard InChI is InChI=1S/C29H28O3/c1-20-18-23(14-15-28(20)32-17-16-30)29(22-12-10-21(19-31)11-13-22)26-8-4-2-6-24(26)25-7-3-5-9-27(25)29/h2-15,18,20,28,30-31H,16-17,19H2,1H3. The SMILES string of the molecule is CC1C=C(C2(c3ccc(CO)cc3)c3ccccc3-c3ccccc32)C=CC1OCCO. The van der Waals surface area contributed by atoms with Crippen LogP contribution in [0.5, 0.6) is 0 Å². The number of benzene rings is 3. The van der Waals surface area contributed by atoms with E-state index in [1.165, 1.54) is 33.4 Å². The molecule has 0 amide bonds. The highest BCUT2D eigenvalue weighted by atomic mass is 16.5. The van der Waals surface area contributed by atoms with E-state index in [0.29, 0.717) is 6.61 Å². The van der Waals surface area contributed by atoms with Crippen molar-refractivity contribution < 1.29 is 14.9 Å². The Hall–Kier alpha value is -2.98. The number of rotatable bonds is 6. The molecule has 0 heterocycles. The number of aliphatic hydroxyl groups is 2. The summed E-state index contributed by atoms with van der Waals surface area (Å²) in [5, 5.41) is 18.8. The molecular weight excluding hydrogens is 396 g/mol. The first-order valence-corrected chi connectivity index (χ1v) is 11.2. The molecule has 2 aliphatic carbocycles. The summed E-state index contributed by atoms with van der Waals surface area (Å²) in [5.74, 6) is 0.176. The van der Waals surface area contributed by atoms with Crippen molar-refractivity contribution in [2.24, 2.45) is 5.92 Å². The van der Waals surface area contributed by atoms with E-state index in [4.69, 9.17) is 4.74 Å². The van der Waals surface area contributed by atoms with Crippen LogP contribution in [0.25, 0.3) is 11.1 Å². The molecule has 0 saturated carbocycles. The molecule has 0 fully saturated rings. The van der Waals surface area contributed by atoms with Gasteiger partial charge in [0.2, 0.25) is 0 Å². The van der Waals surface area contributed by atoms with Gasteiger partial charge in [-0.15, -0.1) is 0 Å². The Kier molecular flexibility index (Phi) is 5.56. The first kappa shape index (κ1) is 20.9. The number of hydrogen-bond donors (Lipinski definition) is 2. The minimum absolute atomic E-state index is 0.0233. The zero-order valence-electron chi connectivity index (χ0n) is 18.2. The predicted molar refractivity (Wildman–Crippen MR) is 127 cm³/mol. The van der Waals surface area contributed by atoms with Crippen LogP contribution in [-0.4, -0.2) is 29.5 Å². The topological polar surface area (TPSA) is 49.7 Å². The zero-order chi connectivity index (χ0) is 22.1. The normalized spacial score (nSPS) is 20.5. The summed E-state index contributed by atoms with van der Waals surface area (Å²) in [5.41, 5.74) is 7.94. The summed E-state index contributed by atoms with van der Waals surface area (Å²) in [6, 6.07) is 25.7. The maximum Gasteiger partial charge on any atom is 0.0820 e. The summed E-state index contributed by atoms with van der Waals surface area (Å²) in [6.45, 7) is 2.56. The van der Waals surface area contributed by atoms with Crippen molar-refractivity contribution in [2.75, 3.05) is 13.2 Å². The van der Waals surface area contributed by atoms with Crippen LogP contribution < -0.4 is 0 Å². The fraction of sp³-hybridized carbons (Fsp3) is 0.241. The van der Waals surface area contributed by atoms with E-state index in [2.05, 4.69) is 85.8 Å². The second-order valence-corrected chi connectivity index (χ2v) is 8.60. The van der Waals surface area contributed by atoms with Gasteiger partial charge in [0.25, 0.3) is 0 Å². The van der Waals surface area contributed by atoms with Gasteiger partial charge in [-0.3, -0.25) is 0 Å². The molecule has 3 aromatic rings. The van der Waals surface area contributed by atoms with Crippen LogP contribution in [-0.2, 0) is 16.8 Å².